The van der Waals surface area contributed by atoms with E-state index in [1.54, 1.807) is 49.1 Å². The number of aromatic amines is 3. The SMILES string of the molecule is CC(=O)c1ccc([N+](=O)[O-])cc1.COC(=O)C1(c2ccc(N)cc2)Nc2ccccc2-c2ccnc3[nH]cc1c23.COC(=O)C1(c2ccc([N+](=O)[O-])cc2)Nc2ccccc2-c2ccnc3[nH]cc1c23.Nc1ccccc1-c1ccnc2[nH]ccc12.O=C=O. The van der Waals surface area contributed by atoms with Crippen LogP contribution < -0.4 is 22.1 Å². The van der Waals surface area contributed by atoms with Gasteiger partial charge in [-0.1, -0.05) is 66.7 Å². The number of hydrogen-bond acceptors (Lipinski definition) is 18. The largest absolute Gasteiger partial charge is 0.467 e. The predicted octanol–water partition coefficient (Wildman–Crippen LogP) is 11.7. The number of para-hydroxylation sites is 3. The van der Waals surface area contributed by atoms with Gasteiger partial charge < -0.3 is 46.5 Å². The molecule has 23 heteroatoms. The van der Waals surface area contributed by atoms with Crippen molar-refractivity contribution in [3.63, 3.8) is 0 Å². The summed E-state index contributed by atoms with van der Waals surface area (Å²) in [5.74, 6) is -1.04. The van der Waals surface area contributed by atoms with Crippen LogP contribution in [0.4, 0.5) is 34.1 Å². The number of ether oxygens (including phenoxy) is 2. The molecular formula is C66H52N12O11. The van der Waals surface area contributed by atoms with Crippen LogP contribution in [0.5, 0.6) is 0 Å². The first kappa shape index (κ1) is 59.5. The third kappa shape index (κ3) is 11.2. The number of H-pyrrole nitrogens is 3. The highest BCUT2D eigenvalue weighted by molar-refractivity contribution is 6.09. The Balaban J connectivity index is 0.000000136. The number of carbonyl (C=O) groups is 3. The van der Waals surface area contributed by atoms with Gasteiger partial charge in [0.15, 0.2) is 16.9 Å². The molecule has 442 valence electrons. The Kier molecular flexibility index (Phi) is 16.9. The average molecular weight is 1190 g/mol. The maximum absolute atomic E-state index is 13.4. The van der Waals surface area contributed by atoms with Crippen molar-refractivity contribution >= 4 is 91.1 Å². The Labute approximate surface area is 505 Å². The lowest BCUT2D eigenvalue weighted by Crippen LogP contribution is -2.45. The number of nitrogens with one attached hydrogen (secondary N) is 5. The number of anilines is 4. The fourth-order valence-corrected chi connectivity index (χ4v) is 11.0. The summed E-state index contributed by atoms with van der Waals surface area (Å²) in [5.41, 5.74) is 23.5. The molecule has 0 amide bonds. The number of nitro benzene ring substituents is 2. The number of nitrogen functional groups attached to an aromatic ring is 2. The standard InChI is InChI=1S/C22H16N4O4.C22H18N4O2.C13H11N3.C8H7NO3.CO2/c1-30-21(27)22(13-6-8-14(9-7-13)26(28)29)17-12-24-20-19(17)16(10-11-23-20)15-4-2-3-5-18(15)25-22;1-28-21(27)22(13-6-8-14(23)9-7-13)17-12-25-20-19(17)16(10-11-24-20)15-4-2-3-5-18(15)26-22;14-12-4-2-1-3-10(12)9-5-7-15-13-11(9)6-8-16-13;1-6(10)7-2-4-8(5-3-7)9(11)12;2-1-3/h2-12,25H,1H3,(H,23,24);2-12,26H,23H2,1H3,(H,24,25);1-8H,14H2,(H,15,16);2-5H,1H3;. The van der Waals surface area contributed by atoms with Gasteiger partial charge in [-0.05, 0) is 114 Å². The van der Waals surface area contributed by atoms with Crippen molar-refractivity contribution in [2.75, 3.05) is 36.3 Å². The minimum atomic E-state index is -1.42. The van der Waals surface area contributed by atoms with Crippen LogP contribution >= 0.6 is 0 Å². The summed E-state index contributed by atoms with van der Waals surface area (Å²) in [4.78, 5) is 96.7. The maximum Gasteiger partial charge on any atom is 0.373 e. The zero-order chi connectivity index (χ0) is 63.0. The minimum absolute atomic E-state index is 0.000000000000000222. The van der Waals surface area contributed by atoms with Crippen LogP contribution in [0.2, 0.25) is 0 Å². The summed E-state index contributed by atoms with van der Waals surface area (Å²) < 4.78 is 10.5. The van der Waals surface area contributed by atoms with Gasteiger partial charge in [-0.15, -0.1) is 0 Å². The molecule has 8 heterocycles. The second-order valence-electron chi connectivity index (χ2n) is 19.9. The predicted molar refractivity (Wildman–Crippen MR) is 334 cm³/mol. The molecule has 0 bridgehead atoms. The van der Waals surface area contributed by atoms with E-state index in [-0.39, 0.29) is 23.3 Å². The molecule has 0 saturated heterocycles. The molecule has 23 nitrogen and oxygen atoms in total. The van der Waals surface area contributed by atoms with E-state index in [1.165, 1.54) is 57.5 Å². The van der Waals surface area contributed by atoms with Gasteiger partial charge in [-0.3, -0.25) is 25.0 Å². The summed E-state index contributed by atoms with van der Waals surface area (Å²) >= 11 is 0. The number of non-ortho nitro benzene ring substituents is 2. The lowest BCUT2D eigenvalue weighted by molar-refractivity contribution is -0.385. The smallest absolute Gasteiger partial charge is 0.373 e. The minimum Gasteiger partial charge on any atom is -0.467 e. The fraction of sp³-hybridized carbons (Fsp3) is 0.0758. The van der Waals surface area contributed by atoms with E-state index in [1.807, 2.05) is 122 Å². The summed E-state index contributed by atoms with van der Waals surface area (Å²) in [6.45, 7) is 1.42. The molecule has 2 aliphatic rings. The third-order valence-corrected chi connectivity index (χ3v) is 15.1. The van der Waals surface area contributed by atoms with Gasteiger partial charge in [0.25, 0.3) is 11.4 Å². The number of Topliss-reactive ketones (excluding diaryl/α,β-unsaturated/α-hetero) is 1. The van der Waals surface area contributed by atoms with Crippen molar-refractivity contribution in [3.8, 4) is 33.4 Å². The highest BCUT2D eigenvalue weighted by Gasteiger charge is 2.49. The molecule has 2 unspecified atom stereocenters. The molecule has 9 N–H and O–H groups in total. The summed E-state index contributed by atoms with van der Waals surface area (Å²) in [6.07, 6.45) is 11.0. The van der Waals surface area contributed by atoms with Crippen LogP contribution in [0.25, 0.3) is 66.5 Å². The number of nitro groups is 2. The first-order valence-corrected chi connectivity index (χ1v) is 27.1. The molecule has 0 radical (unpaired) electrons. The number of fused-ring (bicyclic) bond motifs is 5. The lowest BCUT2D eigenvalue weighted by atomic mass is 9.82. The van der Waals surface area contributed by atoms with E-state index < -0.39 is 32.9 Å². The number of carbonyl (C=O) groups excluding carboxylic acids is 5. The Morgan fingerprint density at radius 2 is 0.921 bits per heavy atom. The topological polar surface area (TPSA) is 352 Å². The molecule has 89 heavy (non-hydrogen) atoms. The lowest BCUT2D eigenvalue weighted by Gasteiger charge is -2.33. The van der Waals surface area contributed by atoms with E-state index in [0.29, 0.717) is 28.0 Å². The van der Waals surface area contributed by atoms with Crippen LogP contribution in [0.3, 0.4) is 0 Å². The second kappa shape index (κ2) is 25.3. The number of nitrogens with zero attached hydrogens (tertiary/aromatic N) is 5. The summed E-state index contributed by atoms with van der Waals surface area (Å²) in [6, 6.07) is 50.0. The zero-order valence-corrected chi connectivity index (χ0v) is 47.5. The molecule has 0 saturated carbocycles. The quantitative estimate of drug-likeness (QED) is 0.0244. The number of methoxy groups -OCH3 is 2. The molecule has 12 aromatic rings. The molecule has 6 aromatic carbocycles. The van der Waals surface area contributed by atoms with Crippen LogP contribution in [-0.2, 0) is 39.7 Å². The number of nitrogens with two attached hydrogens (primary N) is 2. The number of benzene rings is 6. The Bertz CT molecular complexity index is 4660. The van der Waals surface area contributed by atoms with Crippen molar-refractivity contribution in [1.29, 1.82) is 0 Å². The van der Waals surface area contributed by atoms with Gasteiger partial charge in [0, 0.05) is 134 Å². The van der Waals surface area contributed by atoms with Gasteiger partial charge in [0.1, 0.15) is 16.9 Å². The van der Waals surface area contributed by atoms with Gasteiger partial charge in [0.05, 0.1) is 24.1 Å². The Morgan fingerprint density at radius 3 is 1.37 bits per heavy atom. The first-order chi connectivity index (χ1) is 43.1. The van der Waals surface area contributed by atoms with Crippen molar-refractivity contribution in [2.45, 2.75) is 18.0 Å². The number of hydrogen-bond donors (Lipinski definition) is 7. The van der Waals surface area contributed by atoms with Gasteiger partial charge in [-0.25, -0.2) is 24.5 Å². The summed E-state index contributed by atoms with van der Waals surface area (Å²) in [5, 5.41) is 31.0. The van der Waals surface area contributed by atoms with Crippen LogP contribution in [0.1, 0.15) is 39.5 Å². The highest BCUT2D eigenvalue weighted by atomic mass is 16.6. The second-order valence-corrected chi connectivity index (χ2v) is 19.9. The number of pyridine rings is 3. The van der Waals surface area contributed by atoms with Crippen LogP contribution in [-0.4, -0.2) is 77.8 Å². The van der Waals surface area contributed by atoms with E-state index in [2.05, 4.69) is 40.5 Å². The van der Waals surface area contributed by atoms with Crippen molar-refractivity contribution < 1.29 is 43.3 Å². The highest BCUT2D eigenvalue weighted by Crippen LogP contribution is 2.49. The number of esters is 2. The van der Waals surface area contributed by atoms with Crippen molar-refractivity contribution in [3.05, 3.63) is 255 Å². The summed E-state index contributed by atoms with van der Waals surface area (Å²) in [7, 11) is 2.72. The van der Waals surface area contributed by atoms with E-state index in [4.69, 9.17) is 30.5 Å². The molecule has 2 atom stereocenters. The zero-order valence-electron chi connectivity index (χ0n) is 47.5. The molecule has 0 aliphatic carbocycles. The number of rotatable bonds is 8. The van der Waals surface area contributed by atoms with Gasteiger partial charge in [-0.2, -0.15) is 9.59 Å². The number of ketones is 1. The van der Waals surface area contributed by atoms with Crippen LogP contribution in [0, 0.1) is 20.2 Å². The molecule has 2 aliphatic heterocycles. The Hall–Kier alpha value is -12.6. The third-order valence-electron chi connectivity index (χ3n) is 15.1. The molecule has 0 spiro atoms. The van der Waals surface area contributed by atoms with Gasteiger partial charge in [0.2, 0.25) is 0 Å². The van der Waals surface area contributed by atoms with Crippen LogP contribution in [0.15, 0.2) is 207 Å². The number of aromatic nitrogens is 6. The maximum atomic E-state index is 13.4. The monoisotopic (exact) mass is 1190 g/mol. The van der Waals surface area contributed by atoms with E-state index in [0.717, 1.165) is 89.0 Å². The van der Waals surface area contributed by atoms with Crippen molar-refractivity contribution in [1.82, 2.24) is 29.9 Å². The molecule has 0 fully saturated rings. The Morgan fingerprint density at radius 1 is 0.506 bits per heavy atom. The normalized spacial score (nSPS) is 14.5. The fourth-order valence-electron chi connectivity index (χ4n) is 11.0. The van der Waals surface area contributed by atoms with Gasteiger partial charge >= 0.3 is 18.1 Å². The molecule has 14 rings (SSSR count). The van der Waals surface area contributed by atoms with E-state index >= 15 is 0 Å². The van der Waals surface area contributed by atoms with E-state index in [9.17, 15) is 34.6 Å². The average Bonchev–Trinajstić information content (AvgIpc) is 1.69. The first-order valence-electron chi connectivity index (χ1n) is 27.1. The molecular weight excluding hydrogens is 1140 g/mol. The molecule has 6 aromatic heterocycles. The van der Waals surface area contributed by atoms with Crippen molar-refractivity contribution in [2.24, 2.45) is 0 Å².